The number of amides is 2. The van der Waals surface area contributed by atoms with Crippen LogP contribution in [-0.4, -0.2) is 68.4 Å². The molecule has 2 heterocycles. The third kappa shape index (κ3) is 5.26. The van der Waals surface area contributed by atoms with Gasteiger partial charge in [0.2, 0.25) is 0 Å². The lowest BCUT2D eigenvalue weighted by molar-refractivity contribution is 0.0584. The Morgan fingerprint density at radius 3 is 2.69 bits per heavy atom. The molecule has 1 fully saturated rings. The molecule has 156 valence electrons. The molecular weight excluding hydrogens is 378 g/mol. The highest BCUT2D eigenvalue weighted by Crippen LogP contribution is 2.28. The number of hydrogen-bond donors (Lipinski definition) is 1. The van der Waals surface area contributed by atoms with E-state index in [1.807, 2.05) is 0 Å². The maximum absolute atomic E-state index is 12.5. The summed E-state index contributed by atoms with van der Waals surface area (Å²) >= 11 is 0. The second kappa shape index (κ2) is 9.92. The van der Waals surface area contributed by atoms with Crippen LogP contribution in [0.1, 0.15) is 33.7 Å². The number of nitrogens with one attached hydrogen (secondary N) is 1. The van der Waals surface area contributed by atoms with E-state index in [9.17, 15) is 9.59 Å². The first-order valence-corrected chi connectivity index (χ1v) is 9.44. The highest BCUT2D eigenvalue weighted by atomic mass is 16.5. The summed E-state index contributed by atoms with van der Waals surface area (Å²) in [4.78, 5) is 26.6. The van der Waals surface area contributed by atoms with E-state index >= 15 is 0 Å². The Kier molecular flexibility index (Phi) is 7.07. The van der Waals surface area contributed by atoms with E-state index in [-0.39, 0.29) is 17.9 Å². The minimum absolute atomic E-state index is 0.117. The molecule has 1 aliphatic rings. The topological polar surface area (TPSA) is 103 Å². The Bertz CT molecular complexity index is 816. The van der Waals surface area contributed by atoms with Crippen LogP contribution in [0.4, 0.5) is 0 Å². The van der Waals surface area contributed by atoms with Crippen molar-refractivity contribution < 1.29 is 28.3 Å². The first-order chi connectivity index (χ1) is 14.1. The van der Waals surface area contributed by atoms with Crippen LogP contribution in [0.25, 0.3) is 0 Å². The Labute approximate surface area is 168 Å². The van der Waals surface area contributed by atoms with E-state index < -0.39 is 0 Å². The highest BCUT2D eigenvalue weighted by molar-refractivity contribution is 5.97. The van der Waals surface area contributed by atoms with Gasteiger partial charge >= 0.3 is 0 Å². The van der Waals surface area contributed by atoms with E-state index in [2.05, 4.69) is 10.5 Å². The second-order valence-corrected chi connectivity index (χ2v) is 6.60. The molecule has 0 saturated carbocycles. The van der Waals surface area contributed by atoms with Crippen molar-refractivity contribution >= 4 is 11.8 Å². The summed E-state index contributed by atoms with van der Waals surface area (Å²) in [7, 11) is 3.14. The van der Waals surface area contributed by atoms with Gasteiger partial charge in [-0.05, 0) is 12.1 Å². The zero-order valence-corrected chi connectivity index (χ0v) is 16.6. The van der Waals surface area contributed by atoms with E-state index in [0.717, 1.165) is 0 Å². The molecule has 9 heteroatoms. The Morgan fingerprint density at radius 1 is 1.24 bits per heavy atom. The second-order valence-electron chi connectivity index (χ2n) is 6.60. The van der Waals surface area contributed by atoms with Gasteiger partial charge in [0, 0.05) is 51.7 Å². The molecule has 1 aromatic heterocycles. The number of aromatic nitrogens is 1. The molecule has 1 aliphatic heterocycles. The smallest absolute Gasteiger partial charge is 0.276 e. The number of rotatable bonds is 8. The molecule has 29 heavy (non-hydrogen) atoms. The lowest BCUT2D eigenvalue weighted by Gasteiger charge is -2.32. The Hall–Kier alpha value is -3.07. The SMILES string of the molecule is COCCNC(=O)c1ccc(OC)cc1OC1CCN(C(=O)c2ccon2)CC1. The van der Waals surface area contributed by atoms with Crippen LogP contribution >= 0.6 is 0 Å². The van der Waals surface area contributed by atoms with Crippen LogP contribution in [0, 0.1) is 0 Å². The molecule has 0 radical (unpaired) electrons. The number of methoxy groups -OCH3 is 2. The first kappa shape index (κ1) is 20.7. The number of piperidine rings is 1. The number of ether oxygens (including phenoxy) is 3. The summed E-state index contributed by atoms with van der Waals surface area (Å²) in [6, 6.07) is 6.66. The van der Waals surface area contributed by atoms with Crippen molar-refractivity contribution in [1.29, 1.82) is 0 Å². The largest absolute Gasteiger partial charge is 0.497 e. The number of benzene rings is 1. The monoisotopic (exact) mass is 403 g/mol. The maximum atomic E-state index is 12.5. The highest BCUT2D eigenvalue weighted by Gasteiger charge is 2.27. The zero-order chi connectivity index (χ0) is 20.6. The fourth-order valence-electron chi connectivity index (χ4n) is 3.12. The summed E-state index contributed by atoms with van der Waals surface area (Å²) in [5.74, 6) is 0.669. The van der Waals surface area contributed by atoms with Crippen LogP contribution in [-0.2, 0) is 4.74 Å². The number of hydrogen-bond acceptors (Lipinski definition) is 7. The average Bonchev–Trinajstić information content (AvgIpc) is 3.28. The lowest BCUT2D eigenvalue weighted by Crippen LogP contribution is -2.42. The van der Waals surface area contributed by atoms with Gasteiger partial charge in [0.05, 0.1) is 19.3 Å². The van der Waals surface area contributed by atoms with Crippen molar-refractivity contribution in [3.63, 3.8) is 0 Å². The van der Waals surface area contributed by atoms with Gasteiger partial charge in [-0.2, -0.15) is 0 Å². The molecule has 2 amide bonds. The minimum Gasteiger partial charge on any atom is -0.497 e. The minimum atomic E-state index is -0.238. The fourth-order valence-corrected chi connectivity index (χ4v) is 3.12. The van der Waals surface area contributed by atoms with Gasteiger partial charge in [0.25, 0.3) is 11.8 Å². The molecule has 0 unspecified atom stereocenters. The van der Waals surface area contributed by atoms with Gasteiger partial charge in [-0.1, -0.05) is 5.16 Å². The predicted octanol–water partition coefficient (Wildman–Crippen LogP) is 1.74. The molecule has 1 aromatic carbocycles. The van der Waals surface area contributed by atoms with Gasteiger partial charge in [0.15, 0.2) is 5.69 Å². The lowest BCUT2D eigenvalue weighted by atomic mass is 10.1. The van der Waals surface area contributed by atoms with Crippen molar-refractivity contribution in [2.45, 2.75) is 18.9 Å². The van der Waals surface area contributed by atoms with E-state index in [0.29, 0.717) is 61.8 Å². The number of nitrogens with zero attached hydrogens (tertiary/aromatic N) is 2. The molecule has 1 N–H and O–H groups in total. The summed E-state index contributed by atoms with van der Waals surface area (Å²) < 4.78 is 21.1. The number of likely N-dealkylation sites (tertiary alicyclic amines) is 1. The van der Waals surface area contributed by atoms with Crippen LogP contribution in [0.3, 0.4) is 0 Å². The van der Waals surface area contributed by atoms with Gasteiger partial charge in [-0.25, -0.2) is 0 Å². The van der Waals surface area contributed by atoms with Crippen molar-refractivity contribution in [2.24, 2.45) is 0 Å². The van der Waals surface area contributed by atoms with Crippen molar-refractivity contribution in [3.05, 3.63) is 41.8 Å². The molecule has 0 atom stereocenters. The molecule has 0 spiro atoms. The van der Waals surface area contributed by atoms with Gasteiger partial charge in [0.1, 0.15) is 23.9 Å². The molecule has 0 aliphatic carbocycles. The predicted molar refractivity (Wildman–Crippen MR) is 103 cm³/mol. The van der Waals surface area contributed by atoms with Crippen molar-refractivity contribution in [3.8, 4) is 11.5 Å². The van der Waals surface area contributed by atoms with E-state index in [4.69, 9.17) is 18.7 Å². The van der Waals surface area contributed by atoms with Crippen molar-refractivity contribution in [2.75, 3.05) is 40.5 Å². The summed E-state index contributed by atoms with van der Waals surface area (Å²) in [6.45, 7) is 1.91. The Balaban J connectivity index is 1.63. The summed E-state index contributed by atoms with van der Waals surface area (Å²) in [5, 5.41) is 6.49. The van der Waals surface area contributed by atoms with E-state index in [1.165, 1.54) is 6.26 Å². The van der Waals surface area contributed by atoms with E-state index in [1.54, 1.807) is 43.4 Å². The van der Waals surface area contributed by atoms with Crippen LogP contribution in [0.5, 0.6) is 11.5 Å². The molecule has 2 aromatic rings. The molecule has 1 saturated heterocycles. The quantitative estimate of drug-likeness (QED) is 0.670. The zero-order valence-electron chi connectivity index (χ0n) is 16.6. The normalized spacial score (nSPS) is 14.5. The van der Waals surface area contributed by atoms with Crippen LogP contribution in [0.2, 0.25) is 0 Å². The molecule has 0 bridgehead atoms. The average molecular weight is 403 g/mol. The van der Waals surface area contributed by atoms with Crippen LogP contribution in [0.15, 0.2) is 35.1 Å². The molecule has 3 rings (SSSR count). The third-order valence-electron chi connectivity index (χ3n) is 4.70. The number of carbonyl (C=O) groups excluding carboxylic acids is 2. The summed E-state index contributed by atoms with van der Waals surface area (Å²) in [5.41, 5.74) is 0.732. The van der Waals surface area contributed by atoms with Gasteiger partial charge in [-0.3, -0.25) is 9.59 Å². The van der Waals surface area contributed by atoms with Gasteiger partial charge in [-0.15, -0.1) is 0 Å². The third-order valence-corrected chi connectivity index (χ3v) is 4.70. The standard InChI is InChI=1S/C20H25N3O6/c1-26-12-8-21-19(24)16-4-3-15(27-2)13-18(16)29-14-5-9-23(10-6-14)20(25)17-7-11-28-22-17/h3-4,7,11,13-14H,5-6,8-10,12H2,1-2H3,(H,21,24). The maximum Gasteiger partial charge on any atom is 0.276 e. The number of carbonyl (C=O) groups is 2. The first-order valence-electron chi connectivity index (χ1n) is 9.44. The molecular formula is C20H25N3O6. The summed E-state index contributed by atoms with van der Waals surface area (Å²) in [6.07, 6.45) is 2.55. The van der Waals surface area contributed by atoms with Crippen LogP contribution < -0.4 is 14.8 Å². The van der Waals surface area contributed by atoms with Crippen molar-refractivity contribution in [1.82, 2.24) is 15.4 Å². The van der Waals surface area contributed by atoms with Gasteiger partial charge < -0.3 is 29.0 Å². The molecule has 9 nitrogen and oxygen atoms in total. The fraction of sp³-hybridized carbons (Fsp3) is 0.450. The Morgan fingerprint density at radius 2 is 2.03 bits per heavy atom.